The first-order chi connectivity index (χ1) is 16.2. The van der Waals surface area contributed by atoms with Crippen LogP contribution in [0.4, 0.5) is 29.5 Å². The maximum absolute atomic E-state index is 12.8. The Labute approximate surface area is 192 Å². The van der Waals surface area contributed by atoms with Crippen LogP contribution in [0.25, 0.3) is 11.1 Å². The molecule has 0 aliphatic carbocycles. The highest BCUT2D eigenvalue weighted by Gasteiger charge is 2.30. The smallest absolute Gasteiger partial charge is 0.308 e. The van der Waals surface area contributed by atoms with E-state index < -0.39 is 17.8 Å². The lowest BCUT2D eigenvalue weighted by atomic mass is 10.0. The number of rotatable bonds is 5. The first-order valence-corrected chi connectivity index (χ1v) is 10.2. The lowest BCUT2D eigenvalue weighted by Gasteiger charge is -2.09. The van der Waals surface area contributed by atoms with Crippen LogP contribution in [-0.2, 0) is 12.7 Å². The van der Waals surface area contributed by atoms with E-state index in [0.29, 0.717) is 6.54 Å². The minimum Gasteiger partial charge on any atom is -0.308 e. The molecule has 2 N–H and O–H groups in total. The normalized spacial score (nSPS) is 11.3. The van der Waals surface area contributed by atoms with Crippen LogP contribution in [0.5, 0.6) is 0 Å². The van der Waals surface area contributed by atoms with Crippen LogP contribution in [0.1, 0.15) is 22.5 Å². The second-order valence-electron chi connectivity index (χ2n) is 7.54. The van der Waals surface area contributed by atoms with Crippen molar-refractivity contribution >= 4 is 17.6 Å². The number of aryl methyl sites for hydroxylation is 2. The van der Waals surface area contributed by atoms with Crippen LogP contribution in [0.2, 0.25) is 0 Å². The number of anilines is 2. The molecule has 0 aliphatic rings. The van der Waals surface area contributed by atoms with Crippen molar-refractivity contribution in [1.29, 1.82) is 0 Å². The van der Waals surface area contributed by atoms with Crippen LogP contribution in [0, 0.1) is 13.8 Å². The zero-order valence-corrected chi connectivity index (χ0v) is 18.2. The third kappa shape index (κ3) is 5.37. The SMILES string of the molecule is Cc1ncnc(C)c1-c1ccc(C[n+]2cc(NC(=O)Nc3cccc(C(F)(F)F)c3)on2)cc1. The summed E-state index contributed by atoms with van der Waals surface area (Å²) in [6.45, 7) is 4.24. The summed E-state index contributed by atoms with van der Waals surface area (Å²) in [4.78, 5) is 20.6. The number of carbonyl (C=O) groups excluding carboxylic acids is 1. The molecule has 0 spiro atoms. The first-order valence-electron chi connectivity index (χ1n) is 10.2. The molecule has 2 aromatic carbocycles. The summed E-state index contributed by atoms with van der Waals surface area (Å²) in [5.74, 6) is 0.0359. The number of carbonyl (C=O) groups is 1. The number of hydrogen-bond acceptors (Lipinski definition) is 5. The van der Waals surface area contributed by atoms with Crippen molar-refractivity contribution in [3.05, 3.63) is 83.6 Å². The highest BCUT2D eigenvalue weighted by atomic mass is 19.4. The second kappa shape index (κ2) is 9.30. The average molecular weight is 469 g/mol. The number of benzene rings is 2. The highest BCUT2D eigenvalue weighted by molar-refractivity contribution is 5.98. The van der Waals surface area contributed by atoms with Crippen molar-refractivity contribution in [2.45, 2.75) is 26.6 Å². The van der Waals surface area contributed by atoms with E-state index in [-0.39, 0.29) is 11.6 Å². The molecule has 4 rings (SSSR count). The van der Waals surface area contributed by atoms with E-state index in [4.69, 9.17) is 4.52 Å². The van der Waals surface area contributed by atoms with Gasteiger partial charge in [-0.05, 0) is 42.3 Å². The molecule has 0 aliphatic heterocycles. The monoisotopic (exact) mass is 469 g/mol. The van der Waals surface area contributed by atoms with Crippen LogP contribution in [0.3, 0.4) is 0 Å². The van der Waals surface area contributed by atoms with Crippen molar-refractivity contribution in [1.82, 2.24) is 15.2 Å². The molecule has 2 amide bonds. The lowest BCUT2D eigenvalue weighted by Crippen LogP contribution is -2.35. The third-order valence-corrected chi connectivity index (χ3v) is 5.01. The predicted molar refractivity (Wildman–Crippen MR) is 117 cm³/mol. The minimum atomic E-state index is -4.50. The zero-order chi connectivity index (χ0) is 24.3. The van der Waals surface area contributed by atoms with E-state index in [9.17, 15) is 18.0 Å². The summed E-state index contributed by atoms with van der Waals surface area (Å²) in [5, 5.41) is 8.60. The van der Waals surface area contributed by atoms with Crippen molar-refractivity contribution in [3.63, 3.8) is 0 Å². The highest BCUT2D eigenvalue weighted by Crippen LogP contribution is 2.30. The third-order valence-electron chi connectivity index (χ3n) is 5.01. The lowest BCUT2D eigenvalue weighted by molar-refractivity contribution is -0.754. The first kappa shape index (κ1) is 22.9. The molecule has 4 aromatic rings. The second-order valence-corrected chi connectivity index (χ2v) is 7.54. The van der Waals surface area contributed by atoms with E-state index in [1.807, 2.05) is 38.1 Å². The molecule has 2 aromatic heterocycles. The molecular weight excluding hydrogens is 449 g/mol. The Balaban J connectivity index is 1.38. The fourth-order valence-corrected chi connectivity index (χ4v) is 3.43. The molecule has 8 nitrogen and oxygen atoms in total. The Morgan fingerprint density at radius 3 is 2.41 bits per heavy atom. The Hall–Kier alpha value is -4.28. The van der Waals surface area contributed by atoms with E-state index in [0.717, 1.165) is 40.2 Å². The summed E-state index contributed by atoms with van der Waals surface area (Å²) in [6, 6.07) is 11.4. The van der Waals surface area contributed by atoms with Gasteiger partial charge in [0.25, 0.3) is 6.20 Å². The van der Waals surface area contributed by atoms with Gasteiger partial charge in [0.2, 0.25) is 11.8 Å². The molecule has 34 heavy (non-hydrogen) atoms. The fourth-order valence-electron chi connectivity index (χ4n) is 3.43. The fraction of sp³-hybridized carbons (Fsp3) is 0.174. The largest absolute Gasteiger partial charge is 0.416 e. The van der Waals surface area contributed by atoms with Gasteiger partial charge in [-0.25, -0.2) is 14.8 Å². The quantitative estimate of drug-likeness (QED) is 0.412. The number of amides is 2. The molecule has 0 saturated carbocycles. The summed E-state index contributed by atoms with van der Waals surface area (Å²) in [7, 11) is 0. The van der Waals surface area contributed by atoms with Gasteiger partial charge < -0.3 is 5.32 Å². The maximum atomic E-state index is 12.8. The molecule has 0 atom stereocenters. The summed E-state index contributed by atoms with van der Waals surface area (Å²) in [6.07, 6.45) is -1.50. The molecule has 0 bridgehead atoms. The zero-order valence-electron chi connectivity index (χ0n) is 18.2. The van der Waals surface area contributed by atoms with Crippen molar-refractivity contribution in [3.8, 4) is 11.1 Å². The van der Waals surface area contributed by atoms with E-state index in [1.165, 1.54) is 29.3 Å². The van der Waals surface area contributed by atoms with Crippen molar-refractivity contribution in [2.75, 3.05) is 10.6 Å². The maximum Gasteiger partial charge on any atom is 0.416 e. The Bertz CT molecular complexity index is 1300. The molecule has 11 heteroatoms. The Morgan fingerprint density at radius 2 is 1.74 bits per heavy atom. The van der Waals surface area contributed by atoms with E-state index in [2.05, 4.69) is 25.9 Å². The number of hydrogen-bond donors (Lipinski definition) is 2. The molecule has 174 valence electrons. The van der Waals surface area contributed by atoms with Gasteiger partial charge in [0.05, 0.1) is 5.56 Å². The van der Waals surface area contributed by atoms with Gasteiger partial charge >= 0.3 is 18.1 Å². The van der Waals surface area contributed by atoms with Crippen molar-refractivity contribution < 1.29 is 27.2 Å². The number of alkyl halides is 3. The van der Waals surface area contributed by atoms with Gasteiger partial charge in [0.1, 0.15) is 6.33 Å². The van der Waals surface area contributed by atoms with Crippen molar-refractivity contribution in [2.24, 2.45) is 0 Å². The van der Waals surface area contributed by atoms with Gasteiger partial charge in [-0.15, -0.1) is 0 Å². The van der Waals surface area contributed by atoms with Gasteiger partial charge in [0.15, 0.2) is 0 Å². The van der Waals surface area contributed by atoms with Crippen LogP contribution >= 0.6 is 0 Å². The number of nitrogens with one attached hydrogen (secondary N) is 2. The number of halogens is 3. The topological polar surface area (TPSA) is 96.8 Å². The number of nitrogens with zero attached hydrogens (tertiary/aromatic N) is 4. The molecule has 0 radical (unpaired) electrons. The molecule has 0 fully saturated rings. The van der Waals surface area contributed by atoms with Gasteiger partial charge in [0, 0.05) is 28.2 Å². The molecular formula is C23H20F3N6O2+. The molecule has 0 saturated heterocycles. The Morgan fingerprint density at radius 1 is 1.03 bits per heavy atom. The summed E-state index contributed by atoms with van der Waals surface area (Å²) in [5.41, 5.74) is 3.84. The Kier molecular flexibility index (Phi) is 6.26. The van der Waals surface area contributed by atoms with Crippen LogP contribution < -0.4 is 15.3 Å². The minimum absolute atomic E-state index is 0.00547. The van der Waals surface area contributed by atoms with Gasteiger partial charge in [-0.1, -0.05) is 30.3 Å². The standard InChI is InChI=1S/C23H19F3N6O2/c1-14-21(15(2)28-13-27-14)17-8-6-16(7-9-17)11-32-12-20(34-31-32)30-22(33)29-19-5-3-4-18(10-19)23(24,25)26/h3-10,12-13H,11H2,1-2H3,(H-,29,30,31,33)/p+1. The average Bonchev–Trinajstić information content (AvgIpc) is 3.21. The van der Waals surface area contributed by atoms with E-state index in [1.54, 1.807) is 0 Å². The predicted octanol–water partition coefficient (Wildman–Crippen LogP) is 4.75. The van der Waals surface area contributed by atoms with Crippen LogP contribution in [0.15, 0.2) is 65.6 Å². The molecule has 0 unspecified atom stereocenters. The summed E-state index contributed by atoms with van der Waals surface area (Å²) < 4.78 is 45.0. The number of urea groups is 1. The van der Waals surface area contributed by atoms with E-state index >= 15 is 0 Å². The summed E-state index contributed by atoms with van der Waals surface area (Å²) >= 11 is 0. The number of aromatic nitrogens is 4. The van der Waals surface area contributed by atoms with Gasteiger partial charge in [-0.3, -0.25) is 9.84 Å². The van der Waals surface area contributed by atoms with Gasteiger partial charge in [-0.2, -0.15) is 13.2 Å². The molecule has 2 heterocycles. The van der Waals surface area contributed by atoms with Crippen LogP contribution in [-0.4, -0.2) is 21.3 Å².